The number of hydrogen-bond donors (Lipinski definition) is 0. The highest BCUT2D eigenvalue weighted by Crippen LogP contribution is 2.32. The fourth-order valence-corrected chi connectivity index (χ4v) is 2.86. The molecule has 0 unspecified atom stereocenters. The van der Waals surface area contributed by atoms with Crippen molar-refractivity contribution in [2.75, 3.05) is 14.2 Å². The van der Waals surface area contributed by atoms with Gasteiger partial charge in [0.05, 0.1) is 25.6 Å². The number of benzene rings is 1. The molecule has 1 aromatic carbocycles. The molecule has 3 rings (SSSR count). The lowest BCUT2D eigenvalue weighted by Crippen LogP contribution is -2.12. The maximum Gasteiger partial charge on any atom is 0.217 e. The Morgan fingerprint density at radius 2 is 2.00 bits per heavy atom. The minimum Gasteiger partial charge on any atom is -0.493 e. The number of methoxy groups -OCH3 is 2. The molecular weight excluding hydrogens is 356 g/mol. The van der Waals surface area contributed by atoms with Gasteiger partial charge in [0.1, 0.15) is 0 Å². The van der Waals surface area contributed by atoms with Crippen molar-refractivity contribution in [2.24, 2.45) is 0 Å². The van der Waals surface area contributed by atoms with E-state index >= 15 is 0 Å². The molecule has 7 heteroatoms. The summed E-state index contributed by atoms with van der Waals surface area (Å²) in [7, 11) is 2.92. The van der Waals surface area contributed by atoms with Gasteiger partial charge in [-0.2, -0.15) is 0 Å². The van der Waals surface area contributed by atoms with E-state index in [0.29, 0.717) is 28.4 Å². The second kappa shape index (κ2) is 7.41. The maximum absolute atomic E-state index is 13.2. The zero-order chi connectivity index (χ0) is 18.7. The van der Waals surface area contributed by atoms with Crippen LogP contribution in [0.1, 0.15) is 26.5 Å². The summed E-state index contributed by atoms with van der Waals surface area (Å²) in [6.45, 7) is 0. The summed E-state index contributed by atoms with van der Waals surface area (Å²) in [5.41, 5.74) is 1.30. The van der Waals surface area contributed by atoms with E-state index in [9.17, 15) is 9.59 Å². The van der Waals surface area contributed by atoms with Crippen molar-refractivity contribution in [2.45, 2.75) is 0 Å². The van der Waals surface area contributed by atoms with Crippen LogP contribution in [-0.2, 0) is 0 Å². The fraction of sp³-hybridized carbons (Fsp3) is 0.105. The zero-order valence-electron chi connectivity index (χ0n) is 14.1. The van der Waals surface area contributed by atoms with Gasteiger partial charge >= 0.3 is 0 Å². The second-order valence-electron chi connectivity index (χ2n) is 5.31. The Kier molecular flexibility index (Phi) is 5.04. The van der Waals surface area contributed by atoms with Crippen LogP contribution >= 0.6 is 11.6 Å². The first-order chi connectivity index (χ1) is 12.6. The van der Waals surface area contributed by atoms with E-state index in [4.69, 9.17) is 21.1 Å². The summed E-state index contributed by atoms with van der Waals surface area (Å²) in [6, 6.07) is 9.84. The van der Waals surface area contributed by atoms with E-state index in [-0.39, 0.29) is 17.0 Å². The molecule has 132 valence electrons. The monoisotopic (exact) mass is 370 g/mol. The largest absolute Gasteiger partial charge is 0.493 e. The van der Waals surface area contributed by atoms with Gasteiger partial charge in [-0.15, -0.1) is 0 Å². The quantitative estimate of drug-likeness (QED) is 0.490. The van der Waals surface area contributed by atoms with Gasteiger partial charge in [0, 0.05) is 29.0 Å². The van der Waals surface area contributed by atoms with E-state index < -0.39 is 5.78 Å². The topological polar surface area (TPSA) is 70.4 Å². The van der Waals surface area contributed by atoms with Crippen molar-refractivity contribution in [3.8, 4) is 17.2 Å². The van der Waals surface area contributed by atoms with Crippen LogP contribution in [0.5, 0.6) is 11.5 Å². The number of aromatic nitrogens is 2. The van der Waals surface area contributed by atoms with E-state index in [1.54, 1.807) is 41.1 Å². The molecule has 0 saturated carbocycles. The molecule has 3 aromatic rings. The molecule has 0 fully saturated rings. The molecule has 26 heavy (non-hydrogen) atoms. The second-order valence-corrected chi connectivity index (χ2v) is 5.74. The van der Waals surface area contributed by atoms with Crippen LogP contribution in [0.25, 0.3) is 5.69 Å². The third kappa shape index (κ3) is 3.07. The van der Waals surface area contributed by atoms with Crippen LogP contribution in [0.2, 0.25) is 5.02 Å². The number of rotatable bonds is 6. The Hall–Kier alpha value is -3.12. The number of ether oxygens (including phenoxy) is 2. The molecule has 0 aliphatic carbocycles. The number of carbonyl (C=O) groups is 2. The third-order valence-electron chi connectivity index (χ3n) is 3.87. The standard InChI is InChI=1S/C19H15ClN2O4/c1-25-16-7-8-21-17(19(16)26-2)18(24)14-10-12(20)5-6-15(14)22-9-3-4-13(22)11-23/h3-11H,1-2H3. The highest BCUT2D eigenvalue weighted by atomic mass is 35.5. The third-order valence-corrected chi connectivity index (χ3v) is 4.11. The van der Waals surface area contributed by atoms with Crippen LogP contribution in [0.4, 0.5) is 0 Å². The number of ketones is 1. The number of aldehydes is 1. The van der Waals surface area contributed by atoms with Crippen LogP contribution in [-0.4, -0.2) is 35.8 Å². The molecule has 6 nitrogen and oxygen atoms in total. The summed E-state index contributed by atoms with van der Waals surface area (Å²) in [5.74, 6) is 0.224. The Morgan fingerprint density at radius 1 is 1.19 bits per heavy atom. The normalized spacial score (nSPS) is 10.4. The summed E-state index contributed by atoms with van der Waals surface area (Å²) in [6.07, 6.45) is 3.87. The predicted octanol–water partition coefficient (Wildman–Crippen LogP) is 3.59. The van der Waals surface area contributed by atoms with Gasteiger partial charge in [0.2, 0.25) is 5.78 Å². The van der Waals surface area contributed by atoms with Gasteiger partial charge in [-0.05, 0) is 30.3 Å². The lowest BCUT2D eigenvalue weighted by molar-refractivity contribution is 0.102. The van der Waals surface area contributed by atoms with E-state index in [2.05, 4.69) is 4.98 Å². The fourth-order valence-electron chi connectivity index (χ4n) is 2.69. The lowest BCUT2D eigenvalue weighted by atomic mass is 10.0. The molecule has 2 aromatic heterocycles. The molecule has 2 heterocycles. The van der Waals surface area contributed by atoms with Gasteiger partial charge in [-0.25, -0.2) is 4.98 Å². The van der Waals surface area contributed by atoms with Crippen molar-refractivity contribution >= 4 is 23.7 Å². The predicted molar refractivity (Wildman–Crippen MR) is 96.9 cm³/mol. The number of pyridine rings is 1. The van der Waals surface area contributed by atoms with Gasteiger partial charge < -0.3 is 14.0 Å². The summed E-state index contributed by atoms with van der Waals surface area (Å²) in [4.78, 5) is 28.6. The van der Waals surface area contributed by atoms with Gasteiger partial charge in [-0.1, -0.05) is 11.6 Å². The average Bonchev–Trinajstić information content (AvgIpc) is 3.15. The molecular formula is C19H15ClN2O4. The van der Waals surface area contributed by atoms with Crippen molar-refractivity contribution < 1.29 is 19.1 Å². The zero-order valence-corrected chi connectivity index (χ0v) is 14.9. The van der Waals surface area contributed by atoms with Crippen molar-refractivity contribution in [1.29, 1.82) is 0 Å². The van der Waals surface area contributed by atoms with Gasteiger partial charge in [0.15, 0.2) is 23.5 Å². The minimum atomic E-state index is -0.399. The van der Waals surface area contributed by atoms with Crippen LogP contribution in [0.15, 0.2) is 48.8 Å². The van der Waals surface area contributed by atoms with E-state index in [1.807, 2.05) is 0 Å². The molecule has 0 radical (unpaired) electrons. The molecule has 0 aliphatic rings. The maximum atomic E-state index is 13.2. The van der Waals surface area contributed by atoms with Crippen molar-refractivity contribution in [1.82, 2.24) is 9.55 Å². The SMILES string of the molecule is COc1ccnc(C(=O)c2cc(Cl)ccc2-n2cccc2C=O)c1OC. The molecule has 0 N–H and O–H groups in total. The summed E-state index contributed by atoms with van der Waals surface area (Å²) in [5, 5.41) is 0.388. The Labute approximate surface area is 154 Å². The molecule has 0 saturated heterocycles. The Morgan fingerprint density at radius 3 is 2.69 bits per heavy atom. The first-order valence-electron chi connectivity index (χ1n) is 7.64. The van der Waals surface area contributed by atoms with Crippen LogP contribution in [0.3, 0.4) is 0 Å². The van der Waals surface area contributed by atoms with Crippen molar-refractivity contribution in [3.63, 3.8) is 0 Å². The van der Waals surface area contributed by atoms with Crippen LogP contribution < -0.4 is 9.47 Å². The molecule has 0 atom stereocenters. The Balaban J connectivity index is 2.20. The van der Waals surface area contributed by atoms with E-state index in [0.717, 1.165) is 0 Å². The van der Waals surface area contributed by atoms with E-state index in [1.165, 1.54) is 26.5 Å². The highest BCUT2D eigenvalue weighted by Gasteiger charge is 2.23. The van der Waals surface area contributed by atoms with Gasteiger partial charge in [-0.3, -0.25) is 9.59 Å². The number of carbonyl (C=O) groups excluding carboxylic acids is 2. The average molecular weight is 371 g/mol. The van der Waals surface area contributed by atoms with Crippen molar-refractivity contribution in [3.05, 3.63) is 70.8 Å². The lowest BCUT2D eigenvalue weighted by Gasteiger charge is -2.14. The number of hydrogen-bond acceptors (Lipinski definition) is 5. The highest BCUT2D eigenvalue weighted by molar-refractivity contribution is 6.31. The first kappa shape index (κ1) is 17.7. The first-order valence-corrected chi connectivity index (χ1v) is 8.02. The molecule has 0 spiro atoms. The smallest absolute Gasteiger partial charge is 0.217 e. The molecule has 0 aliphatic heterocycles. The number of halogens is 1. The minimum absolute atomic E-state index is 0.0928. The Bertz CT molecular complexity index is 981. The molecule has 0 bridgehead atoms. The van der Waals surface area contributed by atoms with Gasteiger partial charge in [0.25, 0.3) is 0 Å². The number of nitrogens with zero attached hydrogens (tertiary/aromatic N) is 2. The summed E-state index contributed by atoms with van der Waals surface area (Å²) >= 11 is 6.11. The van der Waals surface area contributed by atoms with Crippen LogP contribution in [0, 0.1) is 0 Å². The summed E-state index contributed by atoms with van der Waals surface area (Å²) < 4.78 is 12.2. The molecule has 0 amide bonds.